The molecule has 83 heavy (non-hydrogen) atoms. The molecule has 9 heterocycles. The molecule has 6 bridgehead atoms. The predicted molar refractivity (Wildman–Crippen MR) is 304 cm³/mol. The SMILES string of the molecule is CCOC(=O)C1CC2CC3(CC(C1)N2S(=O)(=O)c1ccc(Cl)cc1)OCCO3.COC1(C2CC3CC4(CC(C2)N3S(=O)(=O)c2ccc(Cl)cc2)OCCO4)CC1.O=S(=O)(c1ccc(Cl)cc1)N1C2CC(C3(O)CC3)CC1CC1(C2)OCCO1. The number of fused-ring (bicyclic) bond motifs is 6. The van der Waals surface area contributed by atoms with Gasteiger partial charge in [-0.3, -0.25) is 4.79 Å². The first-order valence-corrected chi connectivity index (χ1v) is 34.6. The molecule has 11 aliphatic rings. The zero-order chi connectivity index (χ0) is 58.4. The highest BCUT2D eigenvalue weighted by Gasteiger charge is 2.63. The van der Waals surface area contributed by atoms with Crippen molar-refractivity contribution in [3.63, 3.8) is 0 Å². The Bertz CT molecular complexity index is 3140. The molecule has 3 aromatic rings. The van der Waals surface area contributed by atoms with Gasteiger partial charge < -0.3 is 43.0 Å². The number of sulfonamides is 3. The van der Waals surface area contributed by atoms with Crippen molar-refractivity contribution in [2.75, 3.05) is 53.4 Å². The van der Waals surface area contributed by atoms with Crippen molar-refractivity contribution in [1.82, 2.24) is 12.9 Å². The molecule has 9 saturated heterocycles. The maximum atomic E-state index is 13.5. The van der Waals surface area contributed by atoms with E-state index < -0.39 is 53.0 Å². The molecular weight excluding hydrogens is 1200 g/mol. The van der Waals surface area contributed by atoms with Crippen LogP contribution in [0.1, 0.15) is 110 Å². The van der Waals surface area contributed by atoms with E-state index in [1.807, 2.05) is 0 Å². The molecule has 14 rings (SSSR count). The van der Waals surface area contributed by atoms with Crippen molar-refractivity contribution in [3.8, 4) is 0 Å². The van der Waals surface area contributed by atoms with Gasteiger partial charge in [0, 0.05) is 97.0 Å². The van der Waals surface area contributed by atoms with Gasteiger partial charge in [-0.2, -0.15) is 12.9 Å². The number of hydrogen-bond donors (Lipinski definition) is 1. The summed E-state index contributed by atoms with van der Waals surface area (Å²) in [5.74, 6) is -2.10. The summed E-state index contributed by atoms with van der Waals surface area (Å²) < 4.78 is 132. The van der Waals surface area contributed by atoms with E-state index in [4.69, 9.17) is 72.7 Å². The Morgan fingerprint density at radius 3 is 1.05 bits per heavy atom. The highest BCUT2D eigenvalue weighted by molar-refractivity contribution is 7.89. The zero-order valence-electron chi connectivity index (χ0n) is 46.7. The summed E-state index contributed by atoms with van der Waals surface area (Å²) in [7, 11) is -9.22. The topological polar surface area (TPSA) is 223 Å². The Hall–Kier alpha value is -2.59. The smallest absolute Gasteiger partial charge is 0.309 e. The molecule has 2 aliphatic carbocycles. The number of carbonyl (C=O) groups excluding carboxylic acids is 1. The second-order valence-corrected chi connectivity index (χ2v) is 31.3. The molecule has 25 heteroatoms. The van der Waals surface area contributed by atoms with E-state index in [1.165, 1.54) is 12.1 Å². The van der Waals surface area contributed by atoms with E-state index in [-0.39, 0.29) is 69.4 Å². The van der Waals surface area contributed by atoms with Crippen LogP contribution in [0.25, 0.3) is 0 Å². The van der Waals surface area contributed by atoms with E-state index in [1.54, 1.807) is 87.6 Å². The van der Waals surface area contributed by atoms with E-state index in [0.717, 1.165) is 38.5 Å². The first-order valence-electron chi connectivity index (χ1n) is 29.2. The number of carbonyl (C=O) groups is 1. The van der Waals surface area contributed by atoms with Crippen molar-refractivity contribution >= 4 is 70.8 Å². The summed E-state index contributed by atoms with van der Waals surface area (Å²) in [5.41, 5.74) is -0.664. The maximum Gasteiger partial charge on any atom is 0.309 e. The second-order valence-electron chi connectivity index (χ2n) is 24.5. The van der Waals surface area contributed by atoms with Gasteiger partial charge in [0.25, 0.3) is 0 Å². The quantitative estimate of drug-likeness (QED) is 0.178. The van der Waals surface area contributed by atoms with Crippen LogP contribution < -0.4 is 0 Å². The number of halogens is 3. The molecule has 0 amide bonds. The average molecular weight is 1270 g/mol. The van der Waals surface area contributed by atoms with Gasteiger partial charge in [0.1, 0.15) is 0 Å². The van der Waals surface area contributed by atoms with Gasteiger partial charge in [-0.25, -0.2) is 25.3 Å². The van der Waals surface area contributed by atoms with Crippen LogP contribution in [0.5, 0.6) is 0 Å². The van der Waals surface area contributed by atoms with Crippen LogP contribution in [0.3, 0.4) is 0 Å². The predicted octanol–water partition coefficient (Wildman–Crippen LogP) is 8.31. The molecule has 9 aliphatic heterocycles. The molecule has 3 aromatic carbocycles. The standard InChI is InChI=1S/C20H26ClNO5S.C19H24ClNO6S.C19H24ClNO5S/c1-25-19(6-7-19)14-10-16-12-20(26-8-9-27-20)13-17(11-14)22(16)28(23,24)18-4-2-15(21)3-5-18;1-2-25-18(22)13-9-15-11-19(26-7-8-27-19)12-16(10-13)21(15)28(23,24)17-5-3-14(20)4-6-17;20-14-1-3-17(4-2-14)27(23,24)21-15-9-13(18(22)5-6-18)10-16(21)12-19(11-15)25-7-8-26-19/h2-5,14,16-17H,6-13H2,1H3;3-6,13,15-16H,2,7-12H2,1H3;1-4,13,15-16,22H,5-12H2. The minimum atomic E-state index is -3.73. The summed E-state index contributed by atoms with van der Waals surface area (Å²) in [6.45, 7) is 5.36. The van der Waals surface area contributed by atoms with Crippen molar-refractivity contribution in [1.29, 1.82) is 0 Å². The number of methoxy groups -OCH3 is 1. The summed E-state index contributed by atoms with van der Waals surface area (Å²) in [4.78, 5) is 13.1. The van der Waals surface area contributed by atoms with Crippen LogP contribution >= 0.6 is 34.8 Å². The third-order valence-corrected chi connectivity index (χ3v) is 26.2. The van der Waals surface area contributed by atoms with Crippen LogP contribution in [-0.4, -0.2) is 167 Å². The summed E-state index contributed by atoms with van der Waals surface area (Å²) in [6.07, 6.45) is 10.4. The first kappa shape index (κ1) is 60.7. The lowest BCUT2D eigenvalue weighted by atomic mass is 9.74. The van der Waals surface area contributed by atoms with E-state index in [0.29, 0.717) is 136 Å². The summed E-state index contributed by atoms with van der Waals surface area (Å²) in [6, 6.07) is 17.4. The largest absolute Gasteiger partial charge is 0.466 e. The Balaban J connectivity index is 0.000000123. The molecule has 3 spiro atoms. The molecule has 2 saturated carbocycles. The lowest BCUT2D eigenvalue weighted by Crippen LogP contribution is -2.62. The number of hydrogen-bond acceptors (Lipinski definition) is 16. The Morgan fingerprint density at radius 2 is 0.783 bits per heavy atom. The van der Waals surface area contributed by atoms with Crippen LogP contribution in [0.2, 0.25) is 15.1 Å². The third kappa shape index (κ3) is 11.8. The number of benzene rings is 3. The van der Waals surface area contributed by atoms with Crippen LogP contribution in [-0.2, 0) is 72.8 Å². The van der Waals surface area contributed by atoms with Crippen molar-refractivity contribution < 1.29 is 73.0 Å². The molecule has 0 radical (unpaired) electrons. The lowest BCUT2D eigenvalue weighted by Gasteiger charge is -2.53. The molecule has 1 N–H and O–H groups in total. The van der Waals surface area contributed by atoms with E-state index >= 15 is 0 Å². The van der Waals surface area contributed by atoms with E-state index in [2.05, 4.69) is 0 Å². The van der Waals surface area contributed by atoms with Gasteiger partial charge in [0.2, 0.25) is 30.1 Å². The van der Waals surface area contributed by atoms with Gasteiger partial charge in [-0.1, -0.05) is 34.8 Å². The maximum absolute atomic E-state index is 13.5. The minimum absolute atomic E-state index is 0.0610. The fraction of sp³-hybridized carbons (Fsp3) is 0.672. The van der Waals surface area contributed by atoms with Gasteiger partial charge in [0.05, 0.1) is 78.1 Å². The molecule has 19 nitrogen and oxygen atoms in total. The molecule has 456 valence electrons. The number of ether oxygens (including phenoxy) is 8. The average Bonchev–Trinajstić information content (AvgIpc) is 2.33. The highest BCUT2D eigenvalue weighted by Crippen LogP contribution is 2.57. The number of rotatable bonds is 11. The fourth-order valence-electron chi connectivity index (χ4n) is 15.5. The van der Waals surface area contributed by atoms with E-state index in [9.17, 15) is 35.2 Å². The van der Waals surface area contributed by atoms with Crippen molar-refractivity contribution in [3.05, 3.63) is 87.9 Å². The summed E-state index contributed by atoms with van der Waals surface area (Å²) >= 11 is 17.8. The van der Waals surface area contributed by atoms with Gasteiger partial charge in [0.15, 0.2) is 17.4 Å². The fourth-order valence-corrected chi connectivity index (χ4v) is 21.4. The van der Waals surface area contributed by atoms with Crippen molar-refractivity contribution in [2.24, 2.45) is 17.8 Å². The third-order valence-electron chi connectivity index (χ3n) is 19.4. The molecule has 6 atom stereocenters. The van der Waals surface area contributed by atoms with Crippen LogP contribution in [0, 0.1) is 17.8 Å². The van der Waals surface area contributed by atoms with Crippen LogP contribution in [0.4, 0.5) is 0 Å². The normalized spacial score (nSPS) is 32.7. The Kier molecular flexibility index (Phi) is 16.9. The lowest BCUT2D eigenvalue weighted by molar-refractivity contribution is -0.212. The molecule has 6 unspecified atom stereocenters. The van der Waals surface area contributed by atoms with Gasteiger partial charge >= 0.3 is 5.97 Å². The monoisotopic (exact) mass is 1270 g/mol. The minimum Gasteiger partial charge on any atom is -0.466 e. The number of nitrogens with zero attached hydrogens (tertiary/aromatic N) is 3. The zero-order valence-corrected chi connectivity index (χ0v) is 51.4. The first-order chi connectivity index (χ1) is 39.5. The number of aliphatic hydroxyl groups is 1. The number of piperidine rings is 6. The highest BCUT2D eigenvalue weighted by atomic mass is 35.5. The molecule has 11 fully saturated rings. The number of esters is 1. The Morgan fingerprint density at radius 1 is 0.494 bits per heavy atom. The van der Waals surface area contributed by atoms with Crippen LogP contribution in [0.15, 0.2) is 87.5 Å². The van der Waals surface area contributed by atoms with Crippen molar-refractivity contribution in [2.45, 2.75) is 189 Å². The molecule has 0 aromatic heterocycles. The Labute approximate surface area is 501 Å². The second kappa shape index (κ2) is 23.1. The van der Waals surface area contributed by atoms with Gasteiger partial charge in [-0.05, 0) is 156 Å². The van der Waals surface area contributed by atoms with Gasteiger partial charge in [-0.15, -0.1) is 0 Å². The molecular formula is C58H74Cl3N3O16S3. The summed E-state index contributed by atoms with van der Waals surface area (Å²) in [5, 5.41) is 12.2.